The van der Waals surface area contributed by atoms with E-state index in [-0.39, 0.29) is 28.3 Å². The van der Waals surface area contributed by atoms with Gasteiger partial charge in [-0.05, 0) is 69.1 Å². The summed E-state index contributed by atoms with van der Waals surface area (Å²) in [6.07, 6.45) is 4.60. The second kappa shape index (κ2) is 10.8. The average Bonchev–Trinajstić information content (AvgIpc) is 2.84. The van der Waals surface area contributed by atoms with Crippen molar-refractivity contribution in [3.63, 3.8) is 0 Å². The molecule has 0 radical (unpaired) electrons. The van der Waals surface area contributed by atoms with E-state index in [1.807, 2.05) is 6.92 Å². The summed E-state index contributed by atoms with van der Waals surface area (Å²) < 4.78 is 20.3. The van der Waals surface area contributed by atoms with Crippen molar-refractivity contribution in [2.75, 3.05) is 11.9 Å². The number of hydrogen-bond acceptors (Lipinski definition) is 5. The summed E-state index contributed by atoms with van der Waals surface area (Å²) in [4.78, 5) is 37.2. The third kappa shape index (κ3) is 6.21. The number of carboxylic acids is 1. The first-order chi connectivity index (χ1) is 17.5. The molecule has 0 bridgehead atoms. The topological polar surface area (TPSA) is 125 Å². The highest BCUT2D eigenvalue weighted by atomic mass is 19.1. The summed E-state index contributed by atoms with van der Waals surface area (Å²) in [5.41, 5.74) is 1.29. The number of phenols is 1. The molecule has 0 aromatic heterocycles. The molecule has 2 aliphatic carbocycles. The Morgan fingerprint density at radius 1 is 1.05 bits per heavy atom. The van der Waals surface area contributed by atoms with Gasteiger partial charge in [-0.3, -0.25) is 14.4 Å². The summed E-state index contributed by atoms with van der Waals surface area (Å²) in [5, 5.41) is 25.1. The van der Waals surface area contributed by atoms with Gasteiger partial charge in [0.05, 0.1) is 28.8 Å². The van der Waals surface area contributed by atoms with E-state index in [4.69, 9.17) is 9.84 Å². The van der Waals surface area contributed by atoms with E-state index in [2.05, 4.69) is 17.6 Å². The minimum absolute atomic E-state index is 0.0894. The monoisotopic (exact) mass is 512 g/mol. The lowest BCUT2D eigenvalue weighted by atomic mass is 9.70. The van der Waals surface area contributed by atoms with Crippen molar-refractivity contribution < 1.29 is 33.7 Å². The van der Waals surface area contributed by atoms with Gasteiger partial charge in [0.15, 0.2) is 11.6 Å². The lowest BCUT2D eigenvalue weighted by Gasteiger charge is -2.38. The second-order valence-electron chi connectivity index (χ2n) is 10.6. The molecule has 0 atom stereocenters. The predicted octanol–water partition coefficient (Wildman–Crippen LogP) is 5.03. The molecule has 37 heavy (non-hydrogen) atoms. The van der Waals surface area contributed by atoms with Crippen LogP contribution in [0.15, 0.2) is 30.3 Å². The first-order valence-corrected chi connectivity index (χ1v) is 12.7. The first-order valence-electron chi connectivity index (χ1n) is 12.7. The Morgan fingerprint density at radius 2 is 1.76 bits per heavy atom. The molecule has 0 saturated heterocycles. The fourth-order valence-electron chi connectivity index (χ4n) is 4.91. The SMILES string of the molecule is Cc1ccc(NC(=O)c2cc(OC3CCC(C(=O)O)CC3)c(F)cc2O)c(C(=O)NCC2(C)CCC2)c1. The van der Waals surface area contributed by atoms with Crippen LogP contribution in [-0.4, -0.2) is 40.6 Å². The molecule has 2 saturated carbocycles. The molecule has 9 heteroatoms. The number of ether oxygens (including phenoxy) is 1. The van der Waals surface area contributed by atoms with Crippen LogP contribution in [0.3, 0.4) is 0 Å². The number of carboxylic acid groups (broad SMARTS) is 1. The lowest BCUT2D eigenvalue weighted by molar-refractivity contribution is -0.143. The van der Waals surface area contributed by atoms with Gasteiger partial charge in [-0.2, -0.15) is 0 Å². The molecule has 0 aliphatic heterocycles. The second-order valence-corrected chi connectivity index (χ2v) is 10.6. The van der Waals surface area contributed by atoms with Crippen LogP contribution in [0.1, 0.15) is 78.1 Å². The summed E-state index contributed by atoms with van der Waals surface area (Å²) in [6, 6.07) is 7.00. The number of rotatable bonds is 8. The maximum Gasteiger partial charge on any atom is 0.306 e. The third-order valence-corrected chi connectivity index (χ3v) is 7.52. The molecule has 4 rings (SSSR count). The molecule has 4 N–H and O–H groups in total. The Labute approximate surface area is 215 Å². The van der Waals surface area contributed by atoms with E-state index < -0.39 is 35.5 Å². The maximum absolute atomic E-state index is 14.5. The zero-order chi connectivity index (χ0) is 26.7. The Kier molecular flexibility index (Phi) is 7.71. The molecule has 2 aliphatic rings. The molecule has 0 spiro atoms. The fourth-order valence-corrected chi connectivity index (χ4v) is 4.91. The normalized spacial score (nSPS) is 20.4. The molecular formula is C28H33FN2O6. The van der Waals surface area contributed by atoms with Crippen molar-refractivity contribution in [3.05, 3.63) is 52.8 Å². The number of amides is 2. The van der Waals surface area contributed by atoms with Crippen LogP contribution < -0.4 is 15.4 Å². The first kappa shape index (κ1) is 26.4. The fraction of sp³-hybridized carbons (Fsp3) is 0.464. The van der Waals surface area contributed by atoms with E-state index in [0.717, 1.165) is 37.0 Å². The largest absolute Gasteiger partial charge is 0.507 e. The summed E-state index contributed by atoms with van der Waals surface area (Å²) in [6.45, 7) is 4.51. The van der Waals surface area contributed by atoms with E-state index in [0.29, 0.717) is 37.8 Å². The van der Waals surface area contributed by atoms with Crippen LogP contribution in [0.5, 0.6) is 11.5 Å². The summed E-state index contributed by atoms with van der Waals surface area (Å²) in [5.74, 6) is -3.91. The molecule has 8 nitrogen and oxygen atoms in total. The maximum atomic E-state index is 14.5. The van der Waals surface area contributed by atoms with Gasteiger partial charge in [-0.25, -0.2) is 4.39 Å². The van der Waals surface area contributed by atoms with E-state index in [1.165, 1.54) is 0 Å². The number of anilines is 1. The van der Waals surface area contributed by atoms with E-state index in [1.54, 1.807) is 18.2 Å². The number of hydrogen-bond donors (Lipinski definition) is 4. The Morgan fingerprint density at radius 3 is 2.38 bits per heavy atom. The van der Waals surface area contributed by atoms with Gasteiger partial charge in [0.2, 0.25) is 0 Å². The van der Waals surface area contributed by atoms with Gasteiger partial charge < -0.3 is 25.6 Å². The van der Waals surface area contributed by atoms with Gasteiger partial charge in [0.25, 0.3) is 11.8 Å². The zero-order valence-electron chi connectivity index (χ0n) is 21.1. The molecular weight excluding hydrogens is 479 g/mol. The molecule has 2 amide bonds. The Hall–Kier alpha value is -3.62. The number of halogens is 1. The van der Waals surface area contributed by atoms with Gasteiger partial charge in [-0.15, -0.1) is 0 Å². The zero-order valence-corrected chi connectivity index (χ0v) is 21.1. The lowest BCUT2D eigenvalue weighted by Crippen LogP contribution is -2.40. The number of carbonyl (C=O) groups excluding carboxylic acids is 2. The van der Waals surface area contributed by atoms with Gasteiger partial charge in [0, 0.05) is 12.6 Å². The number of aromatic hydroxyl groups is 1. The van der Waals surface area contributed by atoms with Gasteiger partial charge in [0.1, 0.15) is 5.75 Å². The van der Waals surface area contributed by atoms with Crippen molar-refractivity contribution in [2.45, 2.75) is 64.9 Å². The van der Waals surface area contributed by atoms with Crippen LogP contribution in [-0.2, 0) is 4.79 Å². The van der Waals surface area contributed by atoms with Crippen molar-refractivity contribution in [1.82, 2.24) is 5.32 Å². The number of carbonyl (C=O) groups is 3. The number of benzene rings is 2. The van der Waals surface area contributed by atoms with Crippen LogP contribution in [0, 0.1) is 24.1 Å². The van der Waals surface area contributed by atoms with Crippen molar-refractivity contribution in [1.29, 1.82) is 0 Å². The number of nitrogens with one attached hydrogen (secondary N) is 2. The minimum Gasteiger partial charge on any atom is -0.507 e. The smallest absolute Gasteiger partial charge is 0.306 e. The van der Waals surface area contributed by atoms with Crippen LogP contribution in [0.25, 0.3) is 0 Å². The van der Waals surface area contributed by atoms with Crippen molar-refractivity contribution in [3.8, 4) is 11.5 Å². The summed E-state index contributed by atoms with van der Waals surface area (Å²) >= 11 is 0. The molecule has 2 fully saturated rings. The molecule has 2 aromatic carbocycles. The highest BCUT2D eigenvalue weighted by Gasteiger charge is 2.32. The summed E-state index contributed by atoms with van der Waals surface area (Å²) in [7, 11) is 0. The Bertz CT molecular complexity index is 1200. The predicted molar refractivity (Wildman–Crippen MR) is 135 cm³/mol. The standard InChI is InChI=1S/C28H33FN2O6/c1-16-4-9-22(19(12-16)25(33)30-15-28(2)10-3-11-28)31-26(34)20-13-24(21(29)14-23(20)32)37-18-7-5-17(6-8-18)27(35)36/h4,9,12-14,17-18,32H,3,5-8,10-11,15H2,1-2H3,(H,30,33)(H,31,34)(H,35,36). The van der Waals surface area contributed by atoms with Gasteiger partial charge >= 0.3 is 5.97 Å². The van der Waals surface area contributed by atoms with Crippen LogP contribution >= 0.6 is 0 Å². The molecule has 198 valence electrons. The third-order valence-electron chi connectivity index (χ3n) is 7.52. The van der Waals surface area contributed by atoms with Crippen LogP contribution in [0.4, 0.5) is 10.1 Å². The number of phenolic OH excluding ortho intramolecular Hbond substituents is 1. The number of aryl methyl sites for hydroxylation is 1. The Balaban J connectivity index is 1.48. The minimum atomic E-state index is -0.852. The van der Waals surface area contributed by atoms with E-state index >= 15 is 0 Å². The van der Waals surface area contributed by atoms with Crippen LogP contribution in [0.2, 0.25) is 0 Å². The van der Waals surface area contributed by atoms with E-state index in [9.17, 15) is 23.9 Å². The highest BCUT2D eigenvalue weighted by Crippen LogP contribution is 2.39. The van der Waals surface area contributed by atoms with Crippen molar-refractivity contribution >= 4 is 23.5 Å². The highest BCUT2D eigenvalue weighted by molar-refractivity contribution is 6.10. The quantitative estimate of drug-likeness (QED) is 0.393. The molecule has 0 heterocycles. The average molecular weight is 513 g/mol. The van der Waals surface area contributed by atoms with Crippen molar-refractivity contribution in [2.24, 2.45) is 11.3 Å². The van der Waals surface area contributed by atoms with Gasteiger partial charge in [-0.1, -0.05) is 25.0 Å². The number of aliphatic carboxylic acids is 1. The molecule has 0 unspecified atom stereocenters. The molecule has 2 aromatic rings.